The van der Waals surface area contributed by atoms with E-state index in [2.05, 4.69) is 4.98 Å². The van der Waals surface area contributed by atoms with Crippen LogP contribution in [0.1, 0.15) is 5.56 Å². The van der Waals surface area contributed by atoms with Gasteiger partial charge in [0.25, 0.3) is 11.1 Å². The fraction of sp³-hybridized carbons (Fsp3) is 0.0909. The second-order valence-electron chi connectivity index (χ2n) is 3.65. The molecular formula is C11H8N2O5S. The number of carboxylic acids is 1. The SMILES string of the molecule is O=C(O)CN1C(=O)S/C(=C/c2ccc(=O)[nH]c2)C1=O. The highest BCUT2D eigenvalue weighted by Crippen LogP contribution is 2.31. The normalized spacial score (nSPS) is 17.3. The molecule has 1 aliphatic heterocycles. The number of H-pyrrole nitrogens is 1. The van der Waals surface area contributed by atoms with Crippen LogP contribution in [0.2, 0.25) is 0 Å². The Kier molecular flexibility index (Phi) is 3.52. The van der Waals surface area contributed by atoms with Crippen molar-refractivity contribution >= 4 is 35.0 Å². The zero-order valence-corrected chi connectivity index (χ0v) is 10.3. The molecule has 98 valence electrons. The number of rotatable bonds is 3. The van der Waals surface area contributed by atoms with E-state index in [1.165, 1.54) is 24.4 Å². The lowest BCUT2D eigenvalue weighted by atomic mass is 10.2. The van der Waals surface area contributed by atoms with Crippen molar-refractivity contribution in [1.29, 1.82) is 0 Å². The van der Waals surface area contributed by atoms with Crippen LogP contribution < -0.4 is 5.56 Å². The standard InChI is InChI=1S/C11H8N2O5S/c14-8-2-1-6(4-12-8)3-7-10(17)13(5-9(15)16)11(18)19-7/h1-4H,5H2,(H,12,14)(H,15,16)/b7-3+. The molecule has 2 N–H and O–H groups in total. The summed E-state index contributed by atoms with van der Waals surface area (Å²) in [5.74, 6) is -1.91. The van der Waals surface area contributed by atoms with Gasteiger partial charge in [-0.15, -0.1) is 0 Å². The molecule has 0 atom stereocenters. The average molecular weight is 280 g/mol. The third-order valence-electron chi connectivity index (χ3n) is 2.27. The second kappa shape index (κ2) is 5.11. The van der Waals surface area contributed by atoms with Crippen LogP contribution in [0, 0.1) is 0 Å². The number of pyridine rings is 1. The second-order valence-corrected chi connectivity index (χ2v) is 4.64. The molecule has 0 saturated carbocycles. The first-order chi connectivity index (χ1) is 8.97. The number of amides is 2. The third kappa shape index (κ3) is 2.91. The lowest BCUT2D eigenvalue weighted by Gasteiger charge is -2.07. The Morgan fingerprint density at radius 2 is 2.11 bits per heavy atom. The molecular weight excluding hydrogens is 272 g/mol. The summed E-state index contributed by atoms with van der Waals surface area (Å²) in [5, 5.41) is 7.98. The minimum absolute atomic E-state index is 0.123. The smallest absolute Gasteiger partial charge is 0.323 e. The van der Waals surface area contributed by atoms with Gasteiger partial charge in [0.1, 0.15) is 6.54 Å². The van der Waals surface area contributed by atoms with Crippen LogP contribution in [0.5, 0.6) is 0 Å². The molecule has 7 nitrogen and oxygen atoms in total. The Morgan fingerprint density at radius 3 is 2.68 bits per heavy atom. The number of nitrogens with one attached hydrogen (secondary N) is 1. The quantitative estimate of drug-likeness (QED) is 0.780. The predicted octanol–water partition coefficient (Wildman–Crippen LogP) is 0.496. The number of aromatic amines is 1. The molecule has 0 radical (unpaired) electrons. The Morgan fingerprint density at radius 1 is 1.37 bits per heavy atom. The maximum absolute atomic E-state index is 11.8. The van der Waals surface area contributed by atoms with E-state index in [4.69, 9.17) is 5.11 Å². The summed E-state index contributed by atoms with van der Waals surface area (Å²) < 4.78 is 0. The molecule has 0 bridgehead atoms. The lowest BCUT2D eigenvalue weighted by molar-refractivity contribution is -0.140. The topological polar surface area (TPSA) is 108 Å². The average Bonchev–Trinajstić information content (AvgIpc) is 2.60. The fourth-order valence-corrected chi connectivity index (χ4v) is 2.27. The Hall–Kier alpha value is -2.35. The van der Waals surface area contributed by atoms with E-state index in [0.717, 1.165) is 0 Å². The molecule has 1 aliphatic rings. The molecule has 2 rings (SSSR count). The van der Waals surface area contributed by atoms with Crippen molar-refractivity contribution in [2.24, 2.45) is 0 Å². The summed E-state index contributed by atoms with van der Waals surface area (Å²) in [4.78, 5) is 47.9. The molecule has 8 heteroatoms. The minimum atomic E-state index is -1.26. The molecule has 0 unspecified atom stereocenters. The highest BCUT2D eigenvalue weighted by molar-refractivity contribution is 8.18. The van der Waals surface area contributed by atoms with Gasteiger partial charge in [-0.25, -0.2) is 0 Å². The van der Waals surface area contributed by atoms with Crippen LogP contribution in [0.25, 0.3) is 6.08 Å². The van der Waals surface area contributed by atoms with Gasteiger partial charge >= 0.3 is 5.97 Å². The first kappa shape index (κ1) is 13.1. The maximum Gasteiger partial charge on any atom is 0.323 e. The van der Waals surface area contributed by atoms with Crippen LogP contribution in [0.3, 0.4) is 0 Å². The van der Waals surface area contributed by atoms with Crippen LogP contribution in [-0.4, -0.2) is 38.7 Å². The molecule has 2 amide bonds. The summed E-state index contributed by atoms with van der Waals surface area (Å²) in [6.45, 7) is -0.659. The van der Waals surface area contributed by atoms with E-state index in [9.17, 15) is 19.2 Å². The number of carbonyl (C=O) groups excluding carboxylic acids is 2. The highest BCUT2D eigenvalue weighted by Gasteiger charge is 2.36. The number of aromatic nitrogens is 1. The summed E-state index contributed by atoms with van der Waals surface area (Å²) >= 11 is 0.666. The van der Waals surface area contributed by atoms with Gasteiger partial charge < -0.3 is 10.1 Å². The van der Waals surface area contributed by atoms with Gasteiger partial charge in [0.15, 0.2) is 0 Å². The van der Waals surface area contributed by atoms with Gasteiger partial charge in [-0.1, -0.05) is 0 Å². The van der Waals surface area contributed by atoms with Crippen molar-refractivity contribution in [3.63, 3.8) is 0 Å². The summed E-state index contributed by atoms with van der Waals surface area (Å²) in [5.41, 5.74) is 0.261. The molecule has 1 aromatic heterocycles. The van der Waals surface area contributed by atoms with Crippen LogP contribution in [0.15, 0.2) is 28.0 Å². The zero-order valence-electron chi connectivity index (χ0n) is 9.45. The monoisotopic (exact) mass is 280 g/mol. The number of imide groups is 1. The van der Waals surface area contributed by atoms with E-state index in [1.54, 1.807) is 0 Å². The first-order valence-electron chi connectivity index (χ1n) is 5.13. The Balaban J connectivity index is 2.25. The highest BCUT2D eigenvalue weighted by atomic mass is 32.2. The molecule has 0 aliphatic carbocycles. The van der Waals surface area contributed by atoms with Crippen molar-refractivity contribution in [2.75, 3.05) is 6.54 Å². The van der Waals surface area contributed by atoms with Gasteiger partial charge in [0.05, 0.1) is 4.91 Å². The van der Waals surface area contributed by atoms with Crippen molar-refractivity contribution in [1.82, 2.24) is 9.88 Å². The summed E-state index contributed by atoms with van der Waals surface area (Å²) in [6, 6.07) is 2.78. The van der Waals surface area contributed by atoms with Gasteiger partial charge in [-0.2, -0.15) is 0 Å². The van der Waals surface area contributed by atoms with Crippen LogP contribution >= 0.6 is 11.8 Å². The molecule has 0 spiro atoms. The number of aliphatic carboxylic acids is 1. The van der Waals surface area contributed by atoms with E-state index in [-0.39, 0.29) is 10.5 Å². The van der Waals surface area contributed by atoms with Gasteiger partial charge in [0.2, 0.25) is 5.56 Å². The molecule has 0 aromatic carbocycles. The molecule has 19 heavy (non-hydrogen) atoms. The lowest BCUT2D eigenvalue weighted by Crippen LogP contribution is -2.33. The van der Waals surface area contributed by atoms with Crippen molar-refractivity contribution in [2.45, 2.75) is 0 Å². The molecule has 1 aromatic rings. The van der Waals surface area contributed by atoms with E-state index in [1.807, 2.05) is 0 Å². The number of carbonyl (C=O) groups is 3. The Bertz CT molecular complexity index is 628. The Labute approximate surface area is 110 Å². The van der Waals surface area contributed by atoms with Crippen LogP contribution in [0.4, 0.5) is 4.79 Å². The molecule has 1 saturated heterocycles. The van der Waals surface area contributed by atoms with Crippen molar-refractivity contribution < 1.29 is 19.5 Å². The zero-order chi connectivity index (χ0) is 14.0. The summed E-state index contributed by atoms with van der Waals surface area (Å²) in [7, 11) is 0. The molecule has 1 fully saturated rings. The maximum atomic E-state index is 11.8. The van der Waals surface area contributed by atoms with Gasteiger partial charge in [-0.05, 0) is 29.5 Å². The van der Waals surface area contributed by atoms with Gasteiger partial charge in [0, 0.05) is 12.3 Å². The number of hydrogen-bond donors (Lipinski definition) is 2. The summed E-state index contributed by atoms with van der Waals surface area (Å²) in [6.07, 6.45) is 2.82. The van der Waals surface area contributed by atoms with Crippen molar-refractivity contribution in [3.8, 4) is 0 Å². The largest absolute Gasteiger partial charge is 0.480 e. The first-order valence-corrected chi connectivity index (χ1v) is 5.95. The number of thioether (sulfide) groups is 1. The van der Waals surface area contributed by atoms with E-state index < -0.39 is 23.7 Å². The van der Waals surface area contributed by atoms with Gasteiger partial charge in [-0.3, -0.25) is 24.1 Å². The number of carboxylic acid groups (broad SMARTS) is 1. The minimum Gasteiger partial charge on any atom is -0.480 e. The third-order valence-corrected chi connectivity index (χ3v) is 3.18. The van der Waals surface area contributed by atoms with E-state index in [0.29, 0.717) is 22.2 Å². The number of hydrogen-bond acceptors (Lipinski definition) is 5. The predicted molar refractivity (Wildman–Crippen MR) is 67.4 cm³/mol. The van der Waals surface area contributed by atoms with Crippen LogP contribution in [-0.2, 0) is 9.59 Å². The molecule has 2 heterocycles. The van der Waals surface area contributed by atoms with E-state index >= 15 is 0 Å². The van der Waals surface area contributed by atoms with Crippen molar-refractivity contribution in [3.05, 3.63) is 39.2 Å². The number of nitrogens with zero attached hydrogens (tertiary/aromatic N) is 1. The fourth-order valence-electron chi connectivity index (χ4n) is 1.44.